The Hall–Kier alpha value is -1.95. The second-order valence-corrected chi connectivity index (χ2v) is 4.30. The molecule has 0 atom stereocenters. The van der Waals surface area contributed by atoms with E-state index in [0.717, 1.165) is 6.07 Å². The summed E-state index contributed by atoms with van der Waals surface area (Å²) in [5.74, 6) is -2.76. The summed E-state index contributed by atoms with van der Waals surface area (Å²) in [5, 5.41) is 14.1. The third-order valence-corrected chi connectivity index (χ3v) is 2.67. The number of carboxylic acid groups (broad SMARTS) is 1. The Balaban J connectivity index is 3.09. The molecule has 6 heteroatoms. The van der Waals surface area contributed by atoms with Gasteiger partial charge in [-0.15, -0.1) is 0 Å². The number of hydrogen-bond acceptors (Lipinski definition) is 3. The Morgan fingerprint density at radius 1 is 1.33 bits per heavy atom. The molecule has 3 N–H and O–H groups in total. The van der Waals surface area contributed by atoms with E-state index in [9.17, 15) is 14.0 Å². The van der Waals surface area contributed by atoms with Gasteiger partial charge in [0.15, 0.2) is 0 Å². The Morgan fingerprint density at radius 2 is 1.94 bits per heavy atom. The normalized spacial score (nSPS) is 11.1. The molecular weight excluding hydrogens is 239 g/mol. The smallest absolute Gasteiger partial charge is 0.340 e. The van der Waals surface area contributed by atoms with Gasteiger partial charge in [-0.25, -0.2) is 9.18 Å². The zero-order valence-electron chi connectivity index (χ0n) is 10.4. The fourth-order valence-electron chi connectivity index (χ4n) is 1.24. The maximum absolute atomic E-state index is 13.4. The highest BCUT2D eigenvalue weighted by Gasteiger charge is 2.27. The molecular formula is C12H15FN2O3. The molecule has 0 radical (unpaired) electrons. The highest BCUT2D eigenvalue weighted by Crippen LogP contribution is 2.20. The minimum absolute atomic E-state index is 0.0594. The van der Waals surface area contributed by atoms with Gasteiger partial charge in [-0.2, -0.15) is 0 Å². The second-order valence-electron chi connectivity index (χ2n) is 4.30. The van der Waals surface area contributed by atoms with Crippen molar-refractivity contribution in [3.05, 3.63) is 29.6 Å². The number of carboxylic acids is 1. The van der Waals surface area contributed by atoms with E-state index in [0.29, 0.717) is 0 Å². The second kappa shape index (κ2) is 5.14. The molecule has 1 aromatic rings. The molecule has 0 spiro atoms. The van der Waals surface area contributed by atoms with Crippen molar-refractivity contribution in [2.24, 2.45) is 0 Å². The fraction of sp³-hybridized carbons (Fsp3) is 0.333. The molecule has 1 amide bonds. The molecule has 1 rings (SSSR count). The number of benzene rings is 1. The lowest BCUT2D eigenvalue weighted by Crippen LogP contribution is -2.48. The van der Waals surface area contributed by atoms with Crippen molar-refractivity contribution in [3.8, 4) is 0 Å². The number of carbonyl (C=O) groups is 2. The van der Waals surface area contributed by atoms with Crippen LogP contribution < -0.4 is 10.6 Å². The molecule has 0 saturated heterocycles. The third kappa shape index (κ3) is 2.84. The summed E-state index contributed by atoms with van der Waals surface area (Å²) in [6, 6.07) is 3.71. The van der Waals surface area contributed by atoms with Crippen molar-refractivity contribution >= 4 is 17.6 Å². The van der Waals surface area contributed by atoms with Crippen LogP contribution in [-0.2, 0) is 4.79 Å². The zero-order chi connectivity index (χ0) is 13.9. The number of aromatic carboxylic acids is 1. The van der Waals surface area contributed by atoms with Crippen LogP contribution in [0.1, 0.15) is 24.2 Å². The van der Waals surface area contributed by atoms with Gasteiger partial charge in [-0.1, -0.05) is 6.07 Å². The molecule has 0 aromatic heterocycles. The van der Waals surface area contributed by atoms with Crippen molar-refractivity contribution in [1.82, 2.24) is 5.32 Å². The van der Waals surface area contributed by atoms with E-state index >= 15 is 0 Å². The van der Waals surface area contributed by atoms with Gasteiger partial charge >= 0.3 is 5.97 Å². The SMILES string of the molecule is CNC(C)(C)C(=O)Nc1cccc(F)c1C(=O)O. The van der Waals surface area contributed by atoms with E-state index in [1.165, 1.54) is 12.1 Å². The first-order valence-electron chi connectivity index (χ1n) is 5.31. The van der Waals surface area contributed by atoms with Gasteiger partial charge in [0.25, 0.3) is 0 Å². The zero-order valence-corrected chi connectivity index (χ0v) is 10.4. The van der Waals surface area contributed by atoms with Gasteiger partial charge in [0, 0.05) is 0 Å². The first-order chi connectivity index (χ1) is 8.29. The number of amides is 1. The molecule has 1 aromatic carbocycles. The van der Waals surface area contributed by atoms with Crippen LogP contribution in [-0.4, -0.2) is 29.6 Å². The lowest BCUT2D eigenvalue weighted by atomic mass is 10.0. The van der Waals surface area contributed by atoms with Crippen molar-refractivity contribution in [2.75, 3.05) is 12.4 Å². The average molecular weight is 254 g/mol. The number of nitrogens with one attached hydrogen (secondary N) is 2. The van der Waals surface area contributed by atoms with E-state index in [1.807, 2.05) is 0 Å². The van der Waals surface area contributed by atoms with Crippen LogP contribution in [0, 0.1) is 5.82 Å². The van der Waals surface area contributed by atoms with Crippen LogP contribution in [0.4, 0.5) is 10.1 Å². The van der Waals surface area contributed by atoms with Crippen LogP contribution in [0.25, 0.3) is 0 Å². The first kappa shape index (κ1) is 14.1. The number of anilines is 1. The molecule has 98 valence electrons. The first-order valence-corrected chi connectivity index (χ1v) is 5.31. The number of rotatable bonds is 4. The number of halogens is 1. The predicted octanol–water partition coefficient (Wildman–Crippen LogP) is 1.46. The molecule has 0 saturated carbocycles. The summed E-state index contributed by atoms with van der Waals surface area (Å²) < 4.78 is 13.4. The molecule has 0 fully saturated rings. The Kier molecular flexibility index (Phi) is 4.03. The molecule has 0 aliphatic heterocycles. The Labute approximate surface area is 104 Å². The molecule has 0 aliphatic rings. The van der Waals surface area contributed by atoms with Crippen LogP contribution in [0.15, 0.2) is 18.2 Å². The summed E-state index contributed by atoms with van der Waals surface area (Å²) >= 11 is 0. The van der Waals surface area contributed by atoms with Gasteiger partial charge in [0.1, 0.15) is 11.4 Å². The molecule has 0 unspecified atom stereocenters. The van der Waals surface area contributed by atoms with Crippen LogP contribution in [0.5, 0.6) is 0 Å². The van der Waals surface area contributed by atoms with Crippen LogP contribution >= 0.6 is 0 Å². The fourth-order valence-corrected chi connectivity index (χ4v) is 1.24. The molecule has 0 bridgehead atoms. The Morgan fingerprint density at radius 3 is 2.44 bits per heavy atom. The monoisotopic (exact) mass is 254 g/mol. The topological polar surface area (TPSA) is 78.4 Å². The van der Waals surface area contributed by atoms with E-state index in [1.54, 1.807) is 20.9 Å². The van der Waals surface area contributed by atoms with E-state index in [4.69, 9.17) is 5.11 Å². The lowest BCUT2D eigenvalue weighted by Gasteiger charge is -2.23. The van der Waals surface area contributed by atoms with Crippen molar-refractivity contribution < 1.29 is 19.1 Å². The minimum atomic E-state index is -1.43. The number of carbonyl (C=O) groups excluding carboxylic acids is 1. The molecule has 18 heavy (non-hydrogen) atoms. The van der Waals surface area contributed by atoms with Crippen LogP contribution in [0.2, 0.25) is 0 Å². The maximum atomic E-state index is 13.4. The van der Waals surface area contributed by atoms with Gasteiger partial charge < -0.3 is 15.7 Å². The highest BCUT2D eigenvalue weighted by molar-refractivity contribution is 6.03. The minimum Gasteiger partial charge on any atom is -0.478 e. The largest absolute Gasteiger partial charge is 0.478 e. The highest BCUT2D eigenvalue weighted by atomic mass is 19.1. The summed E-state index contributed by atoms with van der Waals surface area (Å²) in [4.78, 5) is 22.8. The van der Waals surface area contributed by atoms with Gasteiger partial charge in [-0.05, 0) is 33.0 Å². The quantitative estimate of drug-likeness (QED) is 0.760. The van der Waals surface area contributed by atoms with E-state index in [-0.39, 0.29) is 5.69 Å². The summed E-state index contributed by atoms with van der Waals surface area (Å²) in [7, 11) is 1.60. The van der Waals surface area contributed by atoms with Crippen molar-refractivity contribution in [1.29, 1.82) is 0 Å². The third-order valence-electron chi connectivity index (χ3n) is 2.67. The Bertz CT molecular complexity index is 486. The summed E-state index contributed by atoms with van der Waals surface area (Å²) in [6.45, 7) is 3.25. The number of likely N-dealkylation sites (N-methyl/N-ethyl adjacent to an activating group) is 1. The lowest BCUT2D eigenvalue weighted by molar-refractivity contribution is -0.121. The average Bonchev–Trinajstić information content (AvgIpc) is 2.28. The van der Waals surface area contributed by atoms with E-state index < -0.39 is 28.8 Å². The maximum Gasteiger partial charge on any atom is 0.340 e. The molecule has 0 heterocycles. The van der Waals surface area contributed by atoms with Crippen LogP contribution in [0.3, 0.4) is 0 Å². The van der Waals surface area contributed by atoms with Crippen molar-refractivity contribution in [2.45, 2.75) is 19.4 Å². The predicted molar refractivity (Wildman–Crippen MR) is 65.1 cm³/mol. The summed E-state index contributed by atoms with van der Waals surface area (Å²) in [5.41, 5.74) is -1.49. The van der Waals surface area contributed by atoms with Gasteiger partial charge in [0.05, 0.1) is 11.2 Å². The van der Waals surface area contributed by atoms with Crippen molar-refractivity contribution in [3.63, 3.8) is 0 Å². The van der Waals surface area contributed by atoms with Gasteiger partial charge in [0.2, 0.25) is 5.91 Å². The standard InChI is InChI=1S/C12H15FN2O3/c1-12(2,14-3)11(18)15-8-6-4-5-7(13)9(8)10(16)17/h4-6,14H,1-3H3,(H,15,18)(H,16,17). The molecule has 5 nitrogen and oxygen atoms in total. The van der Waals surface area contributed by atoms with Gasteiger partial charge in [-0.3, -0.25) is 4.79 Å². The molecule has 0 aliphatic carbocycles. The summed E-state index contributed by atoms with van der Waals surface area (Å²) in [6.07, 6.45) is 0. The van der Waals surface area contributed by atoms with E-state index in [2.05, 4.69) is 10.6 Å². The number of hydrogen-bond donors (Lipinski definition) is 3.